The summed E-state index contributed by atoms with van der Waals surface area (Å²) in [5.41, 5.74) is 9.82. The van der Waals surface area contributed by atoms with Crippen LogP contribution < -0.4 is 4.74 Å². The largest absolute Gasteiger partial charge is 0.497 e. The zero-order chi connectivity index (χ0) is 29.9. The van der Waals surface area contributed by atoms with E-state index in [1.807, 2.05) is 24.3 Å². The molecule has 0 N–H and O–H groups in total. The number of fused-ring (bicyclic) bond motifs is 6. The third-order valence-electron chi connectivity index (χ3n) is 8.84. The van der Waals surface area contributed by atoms with Gasteiger partial charge in [0.15, 0.2) is 0 Å². The van der Waals surface area contributed by atoms with Gasteiger partial charge in [0.1, 0.15) is 5.75 Å². The van der Waals surface area contributed by atoms with Crippen LogP contribution in [0.5, 0.6) is 5.75 Å². The fourth-order valence-corrected chi connectivity index (χ4v) is 6.86. The minimum absolute atomic E-state index is 0.446. The fourth-order valence-electron chi connectivity index (χ4n) is 6.86. The average molecular weight is 585 g/mol. The van der Waals surface area contributed by atoms with Gasteiger partial charge in [0, 0.05) is 49.9 Å². The maximum absolute atomic E-state index is 6.37. The molecule has 0 fully saturated rings. The molecule has 6 heteroatoms. The number of hydrogen-bond acceptors (Lipinski definition) is 4. The van der Waals surface area contributed by atoms with E-state index in [4.69, 9.17) is 9.15 Å². The Labute approximate surface area is 259 Å². The third kappa shape index (κ3) is 4.03. The molecule has 3 aromatic heterocycles. The van der Waals surface area contributed by atoms with Gasteiger partial charge in [-0.15, -0.1) is 10.2 Å². The van der Waals surface area contributed by atoms with Gasteiger partial charge in [0.2, 0.25) is 11.8 Å². The zero-order valence-electron chi connectivity index (χ0n) is 24.6. The number of hydrogen-bond donors (Lipinski definition) is 0. The van der Waals surface area contributed by atoms with E-state index in [0.717, 1.165) is 52.1 Å². The Kier molecular flexibility index (Phi) is 5.75. The lowest BCUT2D eigenvalue weighted by Gasteiger charge is -2.17. The lowest BCUT2D eigenvalue weighted by molar-refractivity contribution is 0.415. The van der Waals surface area contributed by atoms with E-state index in [1.54, 1.807) is 7.11 Å². The predicted octanol–water partition coefficient (Wildman–Crippen LogP) is 9.41. The van der Waals surface area contributed by atoms with Gasteiger partial charge in [0.25, 0.3) is 0 Å². The van der Waals surface area contributed by atoms with Crippen LogP contribution in [0, 0.1) is 0 Å². The molecule has 0 bridgehead atoms. The van der Waals surface area contributed by atoms with Gasteiger partial charge in [-0.3, -0.25) is 0 Å². The maximum Gasteiger partial charge on any atom is 0.248 e. The standard InChI is InChI=1S/C39H28N4O2/c1-44-29-12-10-11-25(23-29)38-40-41-39(45-38)26-21-27(42-34-17-6-2-13-30(34)31-14-3-7-18-35(31)42)24-28(22-26)43-36-19-8-4-15-32(36)33-16-5-9-20-37(33)43/h2-8,10-19,21-24H,9,20H2,1H3. The van der Waals surface area contributed by atoms with Crippen molar-refractivity contribution in [2.75, 3.05) is 7.11 Å². The molecule has 9 rings (SSSR count). The van der Waals surface area contributed by atoms with Crippen molar-refractivity contribution in [2.24, 2.45) is 0 Å². The van der Waals surface area contributed by atoms with Crippen LogP contribution in [-0.2, 0) is 6.42 Å². The predicted molar refractivity (Wildman–Crippen MR) is 180 cm³/mol. The zero-order valence-corrected chi connectivity index (χ0v) is 24.6. The summed E-state index contributed by atoms with van der Waals surface area (Å²) in [5.74, 6) is 1.64. The molecule has 0 amide bonds. The number of methoxy groups -OCH3 is 1. The van der Waals surface area contributed by atoms with Crippen molar-refractivity contribution in [3.63, 3.8) is 0 Å². The summed E-state index contributed by atoms with van der Waals surface area (Å²) in [4.78, 5) is 0. The van der Waals surface area contributed by atoms with Crippen molar-refractivity contribution in [3.05, 3.63) is 133 Å². The van der Waals surface area contributed by atoms with E-state index in [9.17, 15) is 0 Å². The van der Waals surface area contributed by atoms with Gasteiger partial charge >= 0.3 is 0 Å². The van der Waals surface area contributed by atoms with Crippen LogP contribution >= 0.6 is 0 Å². The Morgan fingerprint density at radius 1 is 0.622 bits per heavy atom. The van der Waals surface area contributed by atoms with Crippen LogP contribution in [0.25, 0.3) is 73.1 Å². The molecule has 0 unspecified atom stereocenters. The minimum atomic E-state index is 0.446. The van der Waals surface area contributed by atoms with E-state index in [2.05, 4.69) is 122 Å². The Balaban J connectivity index is 1.32. The number of aromatic nitrogens is 4. The molecule has 5 aromatic carbocycles. The quantitative estimate of drug-likeness (QED) is 0.202. The van der Waals surface area contributed by atoms with Gasteiger partial charge in [0.05, 0.1) is 23.7 Å². The van der Waals surface area contributed by atoms with Crippen LogP contribution in [0.15, 0.2) is 126 Å². The highest BCUT2D eigenvalue weighted by atomic mass is 16.5. The van der Waals surface area contributed by atoms with Crippen molar-refractivity contribution >= 4 is 38.8 Å². The van der Waals surface area contributed by atoms with Crippen LogP contribution in [0.4, 0.5) is 0 Å². The molecule has 0 saturated carbocycles. The molecule has 3 heterocycles. The van der Waals surface area contributed by atoms with Crippen LogP contribution in [0.2, 0.25) is 0 Å². The summed E-state index contributed by atoms with van der Waals surface area (Å²) in [6.45, 7) is 0. The highest BCUT2D eigenvalue weighted by Crippen LogP contribution is 2.38. The first-order valence-electron chi connectivity index (χ1n) is 15.2. The van der Waals surface area contributed by atoms with Crippen molar-refractivity contribution in [1.29, 1.82) is 0 Å². The first-order valence-corrected chi connectivity index (χ1v) is 15.2. The molecule has 0 radical (unpaired) electrons. The third-order valence-corrected chi connectivity index (χ3v) is 8.84. The van der Waals surface area contributed by atoms with E-state index in [1.165, 1.54) is 32.9 Å². The second-order valence-corrected chi connectivity index (χ2v) is 11.4. The van der Waals surface area contributed by atoms with Crippen molar-refractivity contribution in [3.8, 4) is 40.0 Å². The number of rotatable bonds is 5. The second-order valence-electron chi connectivity index (χ2n) is 11.4. The summed E-state index contributed by atoms with van der Waals surface area (Å²) in [6, 6.07) is 40.1. The lowest BCUT2D eigenvalue weighted by Crippen LogP contribution is -2.05. The molecule has 0 saturated heterocycles. The topological polar surface area (TPSA) is 58.0 Å². The number of allylic oxidation sites excluding steroid dienone is 1. The van der Waals surface area contributed by atoms with E-state index < -0.39 is 0 Å². The van der Waals surface area contributed by atoms with E-state index >= 15 is 0 Å². The highest BCUT2D eigenvalue weighted by Gasteiger charge is 2.22. The van der Waals surface area contributed by atoms with Crippen molar-refractivity contribution in [2.45, 2.75) is 12.8 Å². The molecule has 0 spiro atoms. The summed E-state index contributed by atoms with van der Waals surface area (Å²) in [7, 11) is 1.65. The molecule has 216 valence electrons. The number of benzene rings is 5. The summed E-state index contributed by atoms with van der Waals surface area (Å²) in [6.07, 6.45) is 6.53. The first kappa shape index (κ1) is 25.6. The molecule has 1 aliphatic rings. The second kappa shape index (κ2) is 10.1. The van der Waals surface area contributed by atoms with Crippen LogP contribution in [0.1, 0.15) is 17.7 Å². The molecule has 1 aliphatic carbocycles. The first-order chi connectivity index (χ1) is 22.3. The Morgan fingerprint density at radius 3 is 1.96 bits per heavy atom. The molecule has 0 aliphatic heterocycles. The lowest BCUT2D eigenvalue weighted by atomic mass is 10.0. The SMILES string of the molecule is COc1cccc(-c2nnc(-c3cc(-n4c5c(c6ccccc64)C=CCC5)cc(-n4c5ccccc5c5ccccc54)c3)o2)c1. The van der Waals surface area contributed by atoms with Crippen molar-refractivity contribution < 1.29 is 9.15 Å². The van der Waals surface area contributed by atoms with Gasteiger partial charge in [-0.1, -0.05) is 72.8 Å². The van der Waals surface area contributed by atoms with Gasteiger partial charge in [-0.25, -0.2) is 0 Å². The molecule has 0 atom stereocenters. The number of nitrogens with zero attached hydrogens (tertiary/aromatic N) is 4. The van der Waals surface area contributed by atoms with Gasteiger partial charge in [-0.05, 0) is 67.4 Å². The Hall–Kier alpha value is -5.88. The number of para-hydroxylation sites is 3. The maximum atomic E-state index is 6.37. The Bertz CT molecular complexity index is 2390. The summed E-state index contributed by atoms with van der Waals surface area (Å²) in [5, 5.41) is 12.7. The summed E-state index contributed by atoms with van der Waals surface area (Å²) >= 11 is 0. The molecular formula is C39H28N4O2. The van der Waals surface area contributed by atoms with Crippen molar-refractivity contribution in [1.82, 2.24) is 19.3 Å². The fraction of sp³-hybridized carbons (Fsp3) is 0.0769. The number of ether oxygens (including phenoxy) is 1. The average Bonchev–Trinajstić information content (AvgIpc) is 3.81. The van der Waals surface area contributed by atoms with E-state index in [-0.39, 0.29) is 0 Å². The normalized spacial score (nSPS) is 12.7. The molecule has 45 heavy (non-hydrogen) atoms. The summed E-state index contributed by atoms with van der Waals surface area (Å²) < 4.78 is 16.6. The monoisotopic (exact) mass is 584 g/mol. The van der Waals surface area contributed by atoms with E-state index in [0.29, 0.717) is 11.8 Å². The minimum Gasteiger partial charge on any atom is -0.497 e. The Morgan fingerprint density at radius 2 is 1.24 bits per heavy atom. The molecule has 8 aromatic rings. The van der Waals surface area contributed by atoms with Crippen LogP contribution in [-0.4, -0.2) is 26.4 Å². The molecular weight excluding hydrogens is 556 g/mol. The highest BCUT2D eigenvalue weighted by molar-refractivity contribution is 6.09. The van der Waals surface area contributed by atoms with Crippen LogP contribution in [0.3, 0.4) is 0 Å². The molecule has 6 nitrogen and oxygen atoms in total. The van der Waals surface area contributed by atoms with Gasteiger partial charge in [-0.2, -0.15) is 0 Å². The van der Waals surface area contributed by atoms with Gasteiger partial charge < -0.3 is 18.3 Å². The smallest absolute Gasteiger partial charge is 0.248 e.